The summed E-state index contributed by atoms with van der Waals surface area (Å²) in [7, 11) is 0. The van der Waals surface area contributed by atoms with Crippen LogP contribution in [0.3, 0.4) is 0 Å². The highest BCUT2D eigenvalue weighted by Crippen LogP contribution is 2.30. The highest BCUT2D eigenvalue weighted by molar-refractivity contribution is 9.10. The molecular formula is C16H18BrNO. The molecule has 0 aromatic heterocycles. The van der Waals surface area contributed by atoms with Crippen LogP contribution in [0.1, 0.15) is 16.7 Å². The van der Waals surface area contributed by atoms with Crippen LogP contribution in [0.4, 0.5) is 0 Å². The van der Waals surface area contributed by atoms with Crippen molar-refractivity contribution in [2.45, 2.75) is 20.3 Å². The van der Waals surface area contributed by atoms with E-state index in [-0.39, 0.29) is 0 Å². The van der Waals surface area contributed by atoms with E-state index < -0.39 is 0 Å². The van der Waals surface area contributed by atoms with Gasteiger partial charge in [0.2, 0.25) is 0 Å². The van der Waals surface area contributed by atoms with Gasteiger partial charge in [-0.15, -0.1) is 0 Å². The largest absolute Gasteiger partial charge is 0.457 e. The molecule has 2 N–H and O–H groups in total. The van der Waals surface area contributed by atoms with Gasteiger partial charge in [0, 0.05) is 4.47 Å². The van der Waals surface area contributed by atoms with E-state index in [2.05, 4.69) is 41.9 Å². The van der Waals surface area contributed by atoms with Crippen molar-refractivity contribution in [2.75, 3.05) is 6.54 Å². The zero-order chi connectivity index (χ0) is 13.8. The van der Waals surface area contributed by atoms with E-state index in [4.69, 9.17) is 10.5 Å². The highest BCUT2D eigenvalue weighted by Gasteiger charge is 2.06. The Morgan fingerprint density at radius 1 is 1.16 bits per heavy atom. The summed E-state index contributed by atoms with van der Waals surface area (Å²) in [4.78, 5) is 0. The molecule has 0 amide bonds. The molecule has 0 heterocycles. The fraction of sp³-hybridized carbons (Fsp3) is 0.250. The zero-order valence-electron chi connectivity index (χ0n) is 11.2. The SMILES string of the molecule is Cc1cccc(Oc2ccc(CCN)c(Br)c2)c1C. The van der Waals surface area contributed by atoms with Crippen molar-refractivity contribution in [3.63, 3.8) is 0 Å². The Balaban J connectivity index is 2.24. The van der Waals surface area contributed by atoms with Gasteiger partial charge in [-0.1, -0.05) is 34.1 Å². The molecule has 0 bridgehead atoms. The topological polar surface area (TPSA) is 35.2 Å². The van der Waals surface area contributed by atoms with Crippen LogP contribution in [0.15, 0.2) is 40.9 Å². The monoisotopic (exact) mass is 319 g/mol. The second kappa shape index (κ2) is 6.22. The Morgan fingerprint density at radius 3 is 2.63 bits per heavy atom. The van der Waals surface area contributed by atoms with Crippen molar-refractivity contribution in [3.05, 3.63) is 57.6 Å². The first-order valence-corrected chi connectivity index (χ1v) is 7.13. The van der Waals surface area contributed by atoms with Gasteiger partial charge in [0.25, 0.3) is 0 Å². The van der Waals surface area contributed by atoms with Gasteiger partial charge < -0.3 is 10.5 Å². The van der Waals surface area contributed by atoms with Gasteiger partial charge in [-0.25, -0.2) is 0 Å². The van der Waals surface area contributed by atoms with E-state index in [1.54, 1.807) is 0 Å². The van der Waals surface area contributed by atoms with E-state index >= 15 is 0 Å². The lowest BCUT2D eigenvalue weighted by Crippen LogP contribution is -2.03. The third kappa shape index (κ3) is 3.37. The molecule has 19 heavy (non-hydrogen) atoms. The molecule has 0 fully saturated rings. The number of nitrogens with two attached hydrogens (primary N) is 1. The molecule has 2 aromatic rings. The molecular weight excluding hydrogens is 302 g/mol. The number of ether oxygens (including phenoxy) is 1. The maximum Gasteiger partial charge on any atom is 0.130 e. The van der Waals surface area contributed by atoms with Gasteiger partial charge >= 0.3 is 0 Å². The van der Waals surface area contributed by atoms with Gasteiger partial charge in [0.15, 0.2) is 0 Å². The predicted molar refractivity (Wildman–Crippen MR) is 82.9 cm³/mol. The summed E-state index contributed by atoms with van der Waals surface area (Å²) < 4.78 is 6.99. The van der Waals surface area contributed by atoms with Gasteiger partial charge in [0.05, 0.1) is 0 Å². The standard InChI is InChI=1S/C16H18BrNO/c1-11-4-3-5-16(12(11)2)19-14-7-6-13(8-9-18)15(17)10-14/h3-7,10H,8-9,18H2,1-2H3. The van der Waals surface area contributed by atoms with Crippen molar-refractivity contribution >= 4 is 15.9 Å². The fourth-order valence-electron chi connectivity index (χ4n) is 1.91. The molecule has 0 saturated carbocycles. The maximum atomic E-state index is 5.94. The summed E-state index contributed by atoms with van der Waals surface area (Å²) in [6.07, 6.45) is 0.865. The average Bonchev–Trinajstić information content (AvgIpc) is 2.38. The molecule has 2 aromatic carbocycles. The molecule has 0 saturated heterocycles. The Morgan fingerprint density at radius 2 is 1.95 bits per heavy atom. The number of aryl methyl sites for hydroxylation is 1. The van der Waals surface area contributed by atoms with Crippen molar-refractivity contribution in [2.24, 2.45) is 5.73 Å². The van der Waals surface area contributed by atoms with E-state index in [0.29, 0.717) is 6.54 Å². The number of rotatable bonds is 4. The second-order valence-electron chi connectivity index (χ2n) is 4.59. The number of benzene rings is 2. The smallest absolute Gasteiger partial charge is 0.130 e. The summed E-state index contributed by atoms with van der Waals surface area (Å²) in [6.45, 7) is 4.81. The first-order chi connectivity index (χ1) is 9.11. The normalized spacial score (nSPS) is 10.5. The summed E-state index contributed by atoms with van der Waals surface area (Å²) in [5.41, 5.74) is 9.18. The summed E-state index contributed by atoms with van der Waals surface area (Å²) in [6, 6.07) is 12.1. The molecule has 0 aliphatic rings. The van der Waals surface area contributed by atoms with E-state index in [1.165, 1.54) is 16.7 Å². The number of hydrogen-bond donors (Lipinski definition) is 1. The lowest BCUT2D eigenvalue weighted by atomic mass is 10.1. The molecule has 0 atom stereocenters. The fourth-order valence-corrected chi connectivity index (χ4v) is 2.47. The maximum absolute atomic E-state index is 5.94. The molecule has 0 spiro atoms. The lowest BCUT2D eigenvalue weighted by molar-refractivity contribution is 0.478. The molecule has 0 radical (unpaired) electrons. The summed E-state index contributed by atoms with van der Waals surface area (Å²) >= 11 is 3.56. The van der Waals surface area contributed by atoms with Crippen molar-refractivity contribution in [1.29, 1.82) is 0 Å². The number of halogens is 1. The van der Waals surface area contributed by atoms with Crippen LogP contribution in [0.2, 0.25) is 0 Å². The van der Waals surface area contributed by atoms with Crippen LogP contribution in [-0.4, -0.2) is 6.54 Å². The van der Waals surface area contributed by atoms with Gasteiger partial charge in [-0.05, 0) is 61.7 Å². The van der Waals surface area contributed by atoms with E-state index in [0.717, 1.165) is 22.4 Å². The minimum Gasteiger partial charge on any atom is -0.457 e. The van der Waals surface area contributed by atoms with Crippen molar-refractivity contribution in [3.8, 4) is 11.5 Å². The minimum atomic E-state index is 0.649. The molecule has 3 heteroatoms. The van der Waals surface area contributed by atoms with Crippen molar-refractivity contribution in [1.82, 2.24) is 0 Å². The number of hydrogen-bond acceptors (Lipinski definition) is 2. The first kappa shape index (κ1) is 14.1. The van der Waals surface area contributed by atoms with Crippen LogP contribution in [0, 0.1) is 13.8 Å². The molecule has 2 rings (SSSR count). The Labute approximate surface area is 122 Å². The molecule has 2 nitrogen and oxygen atoms in total. The third-order valence-electron chi connectivity index (χ3n) is 3.22. The van der Waals surface area contributed by atoms with Gasteiger partial charge in [0.1, 0.15) is 11.5 Å². The van der Waals surface area contributed by atoms with Gasteiger partial charge in [-0.2, -0.15) is 0 Å². The van der Waals surface area contributed by atoms with Crippen LogP contribution in [0.25, 0.3) is 0 Å². The van der Waals surface area contributed by atoms with Crippen molar-refractivity contribution < 1.29 is 4.74 Å². The summed E-state index contributed by atoms with van der Waals surface area (Å²) in [5.74, 6) is 1.74. The third-order valence-corrected chi connectivity index (χ3v) is 3.96. The van der Waals surface area contributed by atoms with E-state index in [1.807, 2.05) is 24.3 Å². The molecule has 0 unspecified atom stereocenters. The first-order valence-electron chi connectivity index (χ1n) is 6.34. The Hall–Kier alpha value is -1.32. The quantitative estimate of drug-likeness (QED) is 0.908. The second-order valence-corrected chi connectivity index (χ2v) is 5.45. The van der Waals surface area contributed by atoms with E-state index in [9.17, 15) is 0 Å². The predicted octanol–water partition coefficient (Wildman–Crippen LogP) is 4.36. The molecule has 100 valence electrons. The Bertz CT molecular complexity index is 581. The van der Waals surface area contributed by atoms with Crippen LogP contribution >= 0.6 is 15.9 Å². The molecule has 0 aliphatic heterocycles. The zero-order valence-corrected chi connectivity index (χ0v) is 12.8. The van der Waals surface area contributed by atoms with Crippen LogP contribution in [0.5, 0.6) is 11.5 Å². The van der Waals surface area contributed by atoms with Crippen LogP contribution < -0.4 is 10.5 Å². The lowest BCUT2D eigenvalue weighted by Gasteiger charge is -2.12. The van der Waals surface area contributed by atoms with Gasteiger partial charge in [-0.3, -0.25) is 0 Å². The minimum absolute atomic E-state index is 0.649. The Kier molecular flexibility index (Phi) is 4.61. The highest BCUT2D eigenvalue weighted by atomic mass is 79.9. The summed E-state index contributed by atoms with van der Waals surface area (Å²) in [5, 5.41) is 0. The molecule has 0 aliphatic carbocycles. The average molecular weight is 320 g/mol. The van der Waals surface area contributed by atoms with Crippen LogP contribution in [-0.2, 0) is 6.42 Å².